The molecule has 3 atom stereocenters. The number of aliphatic hydroxyl groups is 1. The number of halogens is 2. The van der Waals surface area contributed by atoms with Gasteiger partial charge in [-0.3, -0.25) is 9.59 Å². The van der Waals surface area contributed by atoms with Crippen LogP contribution in [-0.4, -0.2) is 53.6 Å². The quantitative estimate of drug-likeness (QED) is 0.273. The number of aliphatic hydroxyl groups excluding tert-OH is 1. The van der Waals surface area contributed by atoms with Crippen LogP contribution in [0.15, 0.2) is 72.8 Å². The highest BCUT2D eigenvalue weighted by molar-refractivity contribution is 5.76. The van der Waals surface area contributed by atoms with Gasteiger partial charge in [0.2, 0.25) is 11.8 Å². The van der Waals surface area contributed by atoms with Crippen molar-refractivity contribution in [2.75, 3.05) is 19.6 Å². The normalized spacial score (nSPS) is 18.5. The van der Waals surface area contributed by atoms with E-state index in [1.165, 1.54) is 19.1 Å². The van der Waals surface area contributed by atoms with Crippen LogP contribution in [0.4, 0.5) is 8.78 Å². The first-order chi connectivity index (χ1) is 20.8. The monoisotopic (exact) mass is 605 g/mol. The number of likely N-dealkylation sites (tertiary alicyclic amines) is 1. The molecule has 4 rings (SSSR count). The van der Waals surface area contributed by atoms with Crippen LogP contribution in [0, 0.1) is 11.6 Å². The Morgan fingerprint density at radius 3 is 2.34 bits per heavy atom. The molecule has 0 spiro atoms. The molecule has 1 aliphatic rings. The number of rotatable bonds is 11. The van der Waals surface area contributed by atoms with E-state index in [-0.39, 0.29) is 30.2 Å². The van der Waals surface area contributed by atoms with Crippen LogP contribution in [0.3, 0.4) is 0 Å². The van der Waals surface area contributed by atoms with Gasteiger partial charge >= 0.3 is 0 Å². The molecule has 0 aliphatic carbocycles. The van der Waals surface area contributed by atoms with E-state index in [0.717, 1.165) is 35.6 Å². The molecule has 236 valence electrons. The third kappa shape index (κ3) is 8.96. The summed E-state index contributed by atoms with van der Waals surface area (Å²) in [6, 6.07) is 20.8. The third-order valence-electron chi connectivity index (χ3n) is 8.48. The summed E-state index contributed by atoms with van der Waals surface area (Å²) in [6.45, 7) is 8.99. The predicted molar refractivity (Wildman–Crippen MR) is 169 cm³/mol. The van der Waals surface area contributed by atoms with E-state index in [2.05, 4.69) is 49.6 Å². The van der Waals surface area contributed by atoms with Gasteiger partial charge in [0.1, 0.15) is 11.6 Å². The molecule has 8 heteroatoms. The molecule has 1 aliphatic heterocycles. The number of nitrogens with one attached hydrogen (secondary N) is 2. The van der Waals surface area contributed by atoms with Gasteiger partial charge in [0.15, 0.2) is 0 Å². The minimum Gasteiger partial charge on any atom is -0.390 e. The average molecular weight is 606 g/mol. The van der Waals surface area contributed by atoms with Crippen molar-refractivity contribution in [3.63, 3.8) is 0 Å². The highest BCUT2D eigenvalue weighted by Crippen LogP contribution is 2.35. The van der Waals surface area contributed by atoms with E-state index < -0.39 is 29.3 Å². The van der Waals surface area contributed by atoms with E-state index in [1.807, 2.05) is 41.3 Å². The molecule has 1 saturated heterocycles. The SMILES string of the molecule is CC(=O)NC(Cc1cc(F)cc(F)c1)C(O)CNC1(c2cccc(C(C)(C)C)c2)CCCN(C(=O)CCc2ccccc2)C1. The maximum absolute atomic E-state index is 13.9. The first-order valence-corrected chi connectivity index (χ1v) is 15.4. The van der Waals surface area contributed by atoms with Crippen LogP contribution in [0.25, 0.3) is 0 Å². The second-order valence-corrected chi connectivity index (χ2v) is 13.1. The van der Waals surface area contributed by atoms with E-state index in [0.29, 0.717) is 31.5 Å². The Bertz CT molecular complexity index is 1410. The van der Waals surface area contributed by atoms with Crippen LogP contribution < -0.4 is 10.6 Å². The standard InChI is InChI=1S/C36H45F2N3O3/c1-25(42)40-32(20-27-18-30(37)22-31(38)19-27)33(43)23-39-36(29-13-8-12-28(21-29)35(2,3)4)16-9-17-41(24-36)34(44)15-14-26-10-6-5-7-11-26/h5-8,10-13,18-19,21-22,32-33,39,43H,9,14-17,20,23-24H2,1-4H3,(H,40,42). The molecular weight excluding hydrogens is 560 g/mol. The summed E-state index contributed by atoms with van der Waals surface area (Å²) in [7, 11) is 0. The molecule has 1 heterocycles. The van der Waals surface area contributed by atoms with E-state index in [4.69, 9.17) is 0 Å². The van der Waals surface area contributed by atoms with Crippen molar-refractivity contribution in [3.05, 3.63) is 107 Å². The fourth-order valence-corrected chi connectivity index (χ4v) is 6.06. The lowest BCUT2D eigenvalue weighted by atomic mass is 9.78. The van der Waals surface area contributed by atoms with Crippen molar-refractivity contribution in [1.82, 2.24) is 15.5 Å². The molecule has 3 aromatic rings. The molecule has 3 unspecified atom stereocenters. The summed E-state index contributed by atoms with van der Waals surface area (Å²) in [6.07, 6.45) is 1.56. The Labute approximate surface area is 259 Å². The second-order valence-electron chi connectivity index (χ2n) is 13.1. The number of aryl methyl sites for hydroxylation is 1. The van der Waals surface area contributed by atoms with Crippen molar-refractivity contribution in [2.45, 2.75) is 82.9 Å². The smallest absolute Gasteiger partial charge is 0.222 e. The van der Waals surface area contributed by atoms with Gasteiger partial charge < -0.3 is 20.6 Å². The molecule has 1 fully saturated rings. The summed E-state index contributed by atoms with van der Waals surface area (Å²) < 4.78 is 27.8. The lowest BCUT2D eigenvalue weighted by Gasteiger charge is -2.45. The van der Waals surface area contributed by atoms with Crippen LogP contribution in [-0.2, 0) is 33.4 Å². The molecule has 0 saturated carbocycles. The highest BCUT2D eigenvalue weighted by atomic mass is 19.1. The lowest BCUT2D eigenvalue weighted by Crippen LogP contribution is -2.59. The number of carbonyl (C=O) groups is 2. The maximum Gasteiger partial charge on any atom is 0.222 e. The van der Waals surface area contributed by atoms with Crippen molar-refractivity contribution >= 4 is 11.8 Å². The van der Waals surface area contributed by atoms with Crippen LogP contribution >= 0.6 is 0 Å². The summed E-state index contributed by atoms with van der Waals surface area (Å²) in [5.74, 6) is -1.71. The van der Waals surface area contributed by atoms with Gasteiger partial charge in [-0.05, 0) is 65.5 Å². The Morgan fingerprint density at radius 2 is 1.68 bits per heavy atom. The summed E-state index contributed by atoms with van der Waals surface area (Å²) in [5, 5.41) is 17.7. The van der Waals surface area contributed by atoms with E-state index >= 15 is 0 Å². The first-order valence-electron chi connectivity index (χ1n) is 15.4. The van der Waals surface area contributed by atoms with Gasteiger partial charge in [-0.1, -0.05) is 75.4 Å². The number of benzene rings is 3. The largest absolute Gasteiger partial charge is 0.390 e. The van der Waals surface area contributed by atoms with E-state index in [9.17, 15) is 23.5 Å². The number of carbonyl (C=O) groups excluding carboxylic acids is 2. The molecular formula is C36H45F2N3O3. The topological polar surface area (TPSA) is 81.7 Å². The summed E-state index contributed by atoms with van der Waals surface area (Å²) in [5.41, 5.74) is 2.91. The molecule has 2 amide bonds. The van der Waals surface area contributed by atoms with Crippen LogP contribution in [0.1, 0.15) is 69.2 Å². The van der Waals surface area contributed by atoms with Gasteiger partial charge in [-0.2, -0.15) is 0 Å². The van der Waals surface area contributed by atoms with Gasteiger partial charge in [0, 0.05) is 39.0 Å². The number of amides is 2. The Morgan fingerprint density at radius 1 is 0.977 bits per heavy atom. The Kier molecular flexibility index (Phi) is 10.9. The van der Waals surface area contributed by atoms with Gasteiger partial charge in [-0.25, -0.2) is 8.78 Å². The van der Waals surface area contributed by atoms with Crippen LogP contribution in [0.2, 0.25) is 0 Å². The van der Waals surface area contributed by atoms with Crippen molar-refractivity contribution < 1.29 is 23.5 Å². The third-order valence-corrected chi connectivity index (χ3v) is 8.48. The lowest BCUT2D eigenvalue weighted by molar-refractivity contribution is -0.134. The minimum atomic E-state index is -1.07. The maximum atomic E-state index is 13.9. The summed E-state index contributed by atoms with van der Waals surface area (Å²) >= 11 is 0. The number of hydrogen-bond donors (Lipinski definition) is 3. The predicted octanol–water partition coefficient (Wildman–Crippen LogP) is 5.41. The van der Waals surface area contributed by atoms with Gasteiger partial charge in [0.25, 0.3) is 0 Å². The molecule has 6 nitrogen and oxygen atoms in total. The molecule has 0 aromatic heterocycles. The number of hydrogen-bond acceptors (Lipinski definition) is 4. The fourth-order valence-electron chi connectivity index (χ4n) is 6.06. The Hall–Kier alpha value is -3.62. The van der Waals surface area contributed by atoms with Gasteiger partial charge in [-0.15, -0.1) is 0 Å². The zero-order valence-corrected chi connectivity index (χ0v) is 26.2. The fraction of sp³-hybridized carbons (Fsp3) is 0.444. The van der Waals surface area contributed by atoms with E-state index in [1.54, 1.807) is 0 Å². The second kappa shape index (κ2) is 14.4. The zero-order valence-electron chi connectivity index (χ0n) is 26.2. The van der Waals surface area contributed by atoms with Crippen molar-refractivity contribution in [2.24, 2.45) is 0 Å². The van der Waals surface area contributed by atoms with Crippen molar-refractivity contribution in [1.29, 1.82) is 0 Å². The Balaban J connectivity index is 1.58. The number of piperidine rings is 1. The highest BCUT2D eigenvalue weighted by Gasteiger charge is 2.39. The van der Waals surface area contributed by atoms with Crippen molar-refractivity contribution in [3.8, 4) is 0 Å². The van der Waals surface area contributed by atoms with Gasteiger partial charge in [0.05, 0.1) is 17.7 Å². The first kappa shape index (κ1) is 33.3. The molecule has 0 radical (unpaired) electrons. The molecule has 3 aromatic carbocycles. The van der Waals surface area contributed by atoms with Crippen LogP contribution in [0.5, 0.6) is 0 Å². The average Bonchev–Trinajstić information content (AvgIpc) is 2.98. The zero-order chi connectivity index (χ0) is 31.9. The number of nitrogens with zero attached hydrogens (tertiary/aromatic N) is 1. The molecule has 0 bridgehead atoms. The summed E-state index contributed by atoms with van der Waals surface area (Å²) in [4.78, 5) is 27.4. The minimum absolute atomic E-state index is 0.0493. The molecule has 44 heavy (non-hydrogen) atoms. The molecule has 3 N–H and O–H groups in total.